The number of hydrogen-bond acceptors (Lipinski definition) is 5. The molecule has 4 aliphatic rings. The summed E-state index contributed by atoms with van der Waals surface area (Å²) in [6, 6.07) is 10.3. The molecule has 5 heterocycles. The van der Waals surface area contributed by atoms with E-state index in [4.69, 9.17) is 4.98 Å². The van der Waals surface area contributed by atoms with Crippen molar-refractivity contribution in [3.05, 3.63) is 75.8 Å². The normalized spacial score (nSPS) is 22.5. The Morgan fingerprint density at radius 3 is 2.63 bits per heavy atom. The van der Waals surface area contributed by atoms with Gasteiger partial charge in [-0.25, -0.2) is 23.3 Å². The number of amides is 1. The van der Waals surface area contributed by atoms with Crippen molar-refractivity contribution in [2.75, 3.05) is 19.6 Å². The number of aromatic nitrogens is 4. The maximum Gasteiger partial charge on any atom is 0.283 e. The van der Waals surface area contributed by atoms with Crippen LogP contribution in [0.3, 0.4) is 0 Å². The molecule has 4 aromatic rings. The van der Waals surface area contributed by atoms with E-state index in [1.165, 1.54) is 47.2 Å². The number of pyridine rings is 1. The Bertz CT molecular complexity index is 1760. The Balaban J connectivity index is 1.18. The van der Waals surface area contributed by atoms with Gasteiger partial charge in [-0.2, -0.15) is 0 Å². The van der Waals surface area contributed by atoms with Crippen LogP contribution in [0.2, 0.25) is 0 Å². The van der Waals surface area contributed by atoms with Crippen molar-refractivity contribution in [3.8, 4) is 16.9 Å². The fraction of sp³-hybridized carbons (Fsp3) is 0.419. The summed E-state index contributed by atoms with van der Waals surface area (Å²) in [5.74, 6) is 0.497. The number of carbonyl (C=O) groups excluding carboxylic acids is 1. The number of halogens is 2. The molecule has 1 N–H and O–H groups in total. The average molecular weight is 557 g/mol. The summed E-state index contributed by atoms with van der Waals surface area (Å²) in [5, 5.41) is 0. The summed E-state index contributed by atoms with van der Waals surface area (Å²) in [6.07, 6.45) is 6.25. The maximum absolute atomic E-state index is 14.3. The van der Waals surface area contributed by atoms with Crippen LogP contribution < -0.4 is 5.56 Å². The average Bonchev–Trinajstić information content (AvgIpc) is 3.39. The molecule has 10 heteroatoms. The molecule has 2 bridgehead atoms. The SMILES string of the molecule is O=C(c1cc(F)ccc1-c1cc(C2CC2)nc(-n2cnc3cc(CN4CC5CCC4C5)[nH]c3c2=O)c1)N1CC(F)C1. The summed E-state index contributed by atoms with van der Waals surface area (Å²) in [6.45, 7) is 1.89. The number of rotatable bonds is 6. The van der Waals surface area contributed by atoms with E-state index < -0.39 is 17.9 Å². The molecule has 1 amide bonds. The van der Waals surface area contributed by atoms with Crippen LogP contribution >= 0.6 is 0 Å². The third-order valence-electron chi connectivity index (χ3n) is 9.21. The number of nitrogens with one attached hydrogen (secondary N) is 1. The number of hydrogen-bond donors (Lipinski definition) is 1. The van der Waals surface area contributed by atoms with E-state index in [1.807, 2.05) is 12.1 Å². The number of nitrogens with zero attached hydrogens (tertiary/aromatic N) is 5. The predicted molar refractivity (Wildman–Crippen MR) is 149 cm³/mol. The number of likely N-dealkylation sites (tertiary alicyclic amines) is 2. The second kappa shape index (κ2) is 9.30. The highest BCUT2D eigenvalue weighted by Crippen LogP contribution is 2.41. The second-order valence-electron chi connectivity index (χ2n) is 12.1. The summed E-state index contributed by atoms with van der Waals surface area (Å²) >= 11 is 0. The highest BCUT2D eigenvalue weighted by molar-refractivity contribution is 6.01. The van der Waals surface area contributed by atoms with Crippen LogP contribution in [0.15, 0.2) is 47.5 Å². The van der Waals surface area contributed by atoms with Crippen LogP contribution in [0.1, 0.15) is 59.8 Å². The number of H-pyrrole nitrogens is 1. The molecule has 1 aromatic carbocycles. The number of piperidine rings is 1. The first-order chi connectivity index (χ1) is 19.9. The lowest BCUT2D eigenvalue weighted by atomic mass is 9.97. The summed E-state index contributed by atoms with van der Waals surface area (Å²) < 4.78 is 29.2. The topological polar surface area (TPSA) is 87.1 Å². The summed E-state index contributed by atoms with van der Waals surface area (Å²) in [4.78, 5) is 43.5. The molecule has 8 nitrogen and oxygen atoms in total. The van der Waals surface area contributed by atoms with Gasteiger partial charge < -0.3 is 9.88 Å². The largest absolute Gasteiger partial charge is 0.351 e. The van der Waals surface area contributed by atoms with Gasteiger partial charge in [0.15, 0.2) is 0 Å². The zero-order valence-corrected chi connectivity index (χ0v) is 22.5. The molecule has 210 valence electrons. The Morgan fingerprint density at radius 1 is 1.05 bits per heavy atom. The van der Waals surface area contributed by atoms with Crippen molar-refractivity contribution in [1.29, 1.82) is 0 Å². The molecule has 8 rings (SSSR count). The fourth-order valence-electron chi connectivity index (χ4n) is 6.85. The van der Waals surface area contributed by atoms with Crippen LogP contribution in [-0.2, 0) is 6.54 Å². The standard InChI is InChI=1S/C31H30F2N6O2/c32-20-4-6-24(25(10-20)30(40)38-13-21(33)14-38)19-8-26(18-2-3-18)36-28(9-19)39-16-34-27-11-22(35-29(27)31(39)41)15-37-12-17-1-5-23(37)7-17/h4,6,8-11,16-18,21,23,35H,1-3,5,7,12-15H2. The monoisotopic (exact) mass is 556 g/mol. The molecule has 3 aromatic heterocycles. The number of fused-ring (bicyclic) bond motifs is 3. The number of aromatic amines is 1. The molecule has 2 aliphatic carbocycles. The van der Waals surface area contributed by atoms with Crippen LogP contribution in [-0.4, -0.2) is 67.1 Å². The number of benzene rings is 1. The lowest BCUT2D eigenvalue weighted by molar-refractivity contribution is 0.0400. The van der Waals surface area contributed by atoms with Crippen LogP contribution in [0.5, 0.6) is 0 Å². The van der Waals surface area contributed by atoms with Crippen molar-refractivity contribution in [1.82, 2.24) is 29.3 Å². The van der Waals surface area contributed by atoms with Gasteiger partial charge in [-0.05, 0) is 79.5 Å². The van der Waals surface area contributed by atoms with Gasteiger partial charge in [0, 0.05) is 36.4 Å². The Hall–Kier alpha value is -3.92. The zero-order valence-electron chi connectivity index (χ0n) is 22.5. The van der Waals surface area contributed by atoms with Gasteiger partial charge in [0.2, 0.25) is 0 Å². The first kappa shape index (κ1) is 24.8. The van der Waals surface area contributed by atoms with Crippen LogP contribution in [0.4, 0.5) is 8.78 Å². The lowest BCUT2D eigenvalue weighted by Gasteiger charge is -2.34. The Kier molecular flexibility index (Phi) is 5.64. The smallest absolute Gasteiger partial charge is 0.283 e. The van der Waals surface area contributed by atoms with E-state index in [9.17, 15) is 18.4 Å². The van der Waals surface area contributed by atoms with E-state index in [-0.39, 0.29) is 30.1 Å². The van der Waals surface area contributed by atoms with Gasteiger partial charge in [-0.1, -0.05) is 6.07 Å². The third kappa shape index (κ3) is 4.36. The predicted octanol–water partition coefficient (Wildman–Crippen LogP) is 4.57. The van der Waals surface area contributed by atoms with Crippen LogP contribution in [0, 0.1) is 11.7 Å². The minimum Gasteiger partial charge on any atom is -0.351 e. The van der Waals surface area contributed by atoms with Gasteiger partial charge in [0.1, 0.15) is 29.7 Å². The molecule has 41 heavy (non-hydrogen) atoms. The molecule has 0 spiro atoms. The summed E-state index contributed by atoms with van der Waals surface area (Å²) in [5.41, 5.74) is 3.94. The maximum atomic E-state index is 14.3. The molecule has 2 aliphatic heterocycles. The minimum absolute atomic E-state index is 0.00190. The summed E-state index contributed by atoms with van der Waals surface area (Å²) in [7, 11) is 0. The van der Waals surface area contributed by atoms with E-state index >= 15 is 0 Å². The molecule has 0 radical (unpaired) electrons. The van der Waals surface area contributed by atoms with E-state index in [1.54, 1.807) is 12.1 Å². The molecule has 2 unspecified atom stereocenters. The molecule has 2 saturated heterocycles. The second-order valence-corrected chi connectivity index (χ2v) is 12.1. The fourth-order valence-corrected chi connectivity index (χ4v) is 6.85. The molecular formula is C31H30F2N6O2. The molecule has 2 saturated carbocycles. The first-order valence-corrected chi connectivity index (χ1v) is 14.5. The molecule has 2 atom stereocenters. The van der Waals surface area contributed by atoms with Gasteiger partial charge in [-0.3, -0.25) is 14.5 Å². The number of carbonyl (C=O) groups is 1. The zero-order chi connectivity index (χ0) is 27.8. The quantitative estimate of drug-likeness (QED) is 0.376. The van der Waals surface area contributed by atoms with Gasteiger partial charge in [0.25, 0.3) is 11.5 Å². The van der Waals surface area contributed by atoms with Crippen molar-refractivity contribution in [2.24, 2.45) is 5.92 Å². The van der Waals surface area contributed by atoms with Gasteiger partial charge in [0.05, 0.1) is 24.2 Å². The molecule has 4 fully saturated rings. The van der Waals surface area contributed by atoms with Crippen molar-refractivity contribution in [3.63, 3.8) is 0 Å². The van der Waals surface area contributed by atoms with E-state index in [0.717, 1.165) is 43.2 Å². The lowest BCUT2D eigenvalue weighted by Crippen LogP contribution is -2.51. The highest BCUT2D eigenvalue weighted by Gasteiger charge is 2.38. The first-order valence-electron chi connectivity index (χ1n) is 14.5. The number of alkyl halides is 1. The highest BCUT2D eigenvalue weighted by atomic mass is 19.1. The Labute approximate surface area is 235 Å². The minimum atomic E-state index is -1.06. The third-order valence-corrected chi connectivity index (χ3v) is 9.21. The van der Waals surface area contributed by atoms with E-state index in [0.29, 0.717) is 34.0 Å². The van der Waals surface area contributed by atoms with Crippen LogP contribution in [0.25, 0.3) is 28.0 Å². The van der Waals surface area contributed by atoms with E-state index in [2.05, 4.69) is 14.9 Å². The Morgan fingerprint density at radius 2 is 1.90 bits per heavy atom. The van der Waals surface area contributed by atoms with Crippen molar-refractivity contribution < 1.29 is 13.6 Å². The van der Waals surface area contributed by atoms with Crippen molar-refractivity contribution in [2.45, 2.75) is 56.8 Å². The van der Waals surface area contributed by atoms with Gasteiger partial charge >= 0.3 is 0 Å². The van der Waals surface area contributed by atoms with Crippen molar-refractivity contribution >= 4 is 16.9 Å². The van der Waals surface area contributed by atoms with Gasteiger partial charge in [-0.15, -0.1) is 0 Å². The molecular weight excluding hydrogens is 526 g/mol.